The van der Waals surface area contributed by atoms with Gasteiger partial charge in [-0.3, -0.25) is 8.92 Å². The van der Waals surface area contributed by atoms with E-state index in [4.69, 9.17) is 12.0 Å². The van der Waals surface area contributed by atoms with Crippen molar-refractivity contribution >= 4 is 42.0 Å². The molecule has 0 amide bonds. The Morgan fingerprint density at radius 2 is 1.29 bits per heavy atom. The van der Waals surface area contributed by atoms with Crippen LogP contribution < -0.4 is 0 Å². The van der Waals surface area contributed by atoms with Crippen LogP contribution in [0, 0.1) is 0 Å². The van der Waals surface area contributed by atoms with E-state index in [1.165, 1.54) is 0 Å². The molecule has 0 unspecified atom stereocenters. The molecule has 0 aromatic rings. The Kier molecular flexibility index (Phi) is 176. The Bertz CT molecular complexity index is 42.2. The predicted octanol–water partition coefficient (Wildman–Crippen LogP) is -0.915. The van der Waals surface area contributed by atoms with E-state index >= 15 is 0 Å². The van der Waals surface area contributed by atoms with E-state index in [9.17, 15) is 0 Å². The van der Waals surface area contributed by atoms with Crippen LogP contribution in [0.15, 0.2) is 0 Å². The van der Waals surface area contributed by atoms with Crippen LogP contribution in [0.1, 0.15) is 0 Å². The third kappa shape index (κ3) is 356. The van der Waals surface area contributed by atoms with Gasteiger partial charge in [0.05, 0.1) is 0 Å². The summed E-state index contributed by atoms with van der Waals surface area (Å²) in [6.45, 7) is 1.81. The van der Waals surface area contributed by atoms with Crippen molar-refractivity contribution in [3.63, 3.8) is 0 Å². The molecule has 0 rings (SSSR count). The summed E-state index contributed by atoms with van der Waals surface area (Å²) in [5, 5.41) is 0. The molecule has 37 valence electrons. The maximum absolute atomic E-state index is 8.40. The third-order valence-electron chi connectivity index (χ3n) is 0. The molecular weight excluding hydrogens is 235 g/mol. The molecule has 0 heterocycles. The van der Waals surface area contributed by atoms with Crippen LogP contribution in [-0.2, 0) is 12.0 Å². The second-order valence-corrected chi connectivity index (χ2v) is 0.250. The van der Waals surface area contributed by atoms with Crippen molar-refractivity contribution in [2.45, 2.75) is 6.55 Å². The summed E-state index contributed by atoms with van der Waals surface area (Å²) in [6, 6.07) is 0. The van der Waals surface area contributed by atoms with Crippen LogP contribution in [0.4, 0.5) is 0 Å². The van der Waals surface area contributed by atoms with Gasteiger partial charge in [0, 0.05) is 10.2 Å². The van der Waals surface area contributed by atoms with E-state index in [1.807, 2.05) is 0 Å². The van der Waals surface area contributed by atoms with E-state index in [0.717, 1.165) is 0 Å². The Morgan fingerprint density at radius 3 is 1.29 bits per heavy atom. The fourth-order valence-electron chi connectivity index (χ4n) is 0. The molecule has 0 bridgehead atoms. The molecule has 0 saturated heterocycles. The summed E-state index contributed by atoms with van der Waals surface area (Å²) in [7, 11) is 1.56. The first-order chi connectivity index (χ1) is 3.41. The Balaban J connectivity index is -0.0000000360. The fourth-order valence-corrected chi connectivity index (χ4v) is 0. The molecule has 0 N–H and O–H groups in total. The van der Waals surface area contributed by atoms with E-state index < -0.39 is 9.29 Å². The van der Waals surface area contributed by atoms with Gasteiger partial charge >= 0.3 is 34.9 Å². The zero-order chi connectivity index (χ0) is 6.71. The summed E-state index contributed by atoms with van der Waals surface area (Å²) in [5.41, 5.74) is 0. The molecule has 0 aromatic heterocycles. The van der Waals surface area contributed by atoms with Gasteiger partial charge in [0.15, 0.2) is 0 Å². The van der Waals surface area contributed by atoms with Gasteiger partial charge < -0.3 is 0 Å². The first kappa shape index (κ1) is 15.6. The van der Waals surface area contributed by atoms with Crippen molar-refractivity contribution in [2.24, 2.45) is 0 Å². The molecule has 0 saturated carbocycles. The monoisotopic (exact) mass is 239 g/mol. The van der Waals surface area contributed by atoms with Crippen molar-refractivity contribution in [3.8, 4) is 0 Å². The molecule has 0 atom stereocenters. The molecule has 0 aliphatic rings. The molecule has 0 aliphatic carbocycles. The minimum atomic E-state index is -1.42. The normalized spacial score (nSPS) is 2.57. The summed E-state index contributed by atoms with van der Waals surface area (Å²) < 4.78 is 25.1. The van der Waals surface area contributed by atoms with E-state index in [1.54, 1.807) is 6.55 Å². The van der Waals surface area contributed by atoms with Crippen LogP contribution in [0.25, 0.3) is 0 Å². The number of hydrogen-bond donors (Lipinski definition) is 0. The third-order valence-corrected chi connectivity index (χ3v) is 0. The number of rotatable bonds is 0. The molecule has 5 radical (unpaired) electrons. The molecule has 0 spiro atoms. The first-order valence-corrected chi connectivity index (χ1v) is 4.09. The van der Waals surface area contributed by atoms with E-state index in [-0.39, 0.29) is 0 Å². The van der Waals surface area contributed by atoms with Crippen molar-refractivity contribution < 1.29 is 12.0 Å². The minimum absolute atomic E-state index is 0.300. The van der Waals surface area contributed by atoms with Crippen LogP contribution in [0.5, 0.6) is 0 Å². The molecule has 6 heteroatoms. The molecule has 3 nitrogen and oxygen atoms in total. The molecular formula is CH3O3Si2Sn. The van der Waals surface area contributed by atoms with Gasteiger partial charge in [-0.2, -0.15) is 0 Å². The van der Waals surface area contributed by atoms with Crippen LogP contribution in [-0.4, -0.2) is 42.0 Å². The number of hydrogen-bond acceptors (Lipinski definition) is 3. The average Bonchev–Trinajstić information content (AvgIpc) is 1.78. The van der Waals surface area contributed by atoms with Gasteiger partial charge in [0.1, 0.15) is 0 Å². The summed E-state index contributed by atoms with van der Waals surface area (Å²) in [5.74, 6) is 0. The average molecular weight is 238 g/mol. The summed E-state index contributed by atoms with van der Waals surface area (Å²) >= 11 is 0.300. The summed E-state index contributed by atoms with van der Waals surface area (Å²) in [6.07, 6.45) is 0. The summed E-state index contributed by atoms with van der Waals surface area (Å²) in [4.78, 5) is 0. The molecule has 7 heavy (non-hydrogen) atoms. The predicted molar refractivity (Wildman–Crippen MR) is 25.2 cm³/mol. The Labute approximate surface area is 60.7 Å². The standard InChI is InChI=1S/CH3Si.O2Si.O.Sn/c1-2;1-3-2;;/h1H3;;;. The molecule has 0 aromatic carbocycles. The van der Waals surface area contributed by atoms with Crippen molar-refractivity contribution in [2.75, 3.05) is 0 Å². The van der Waals surface area contributed by atoms with Crippen molar-refractivity contribution in [1.29, 1.82) is 0 Å². The quantitative estimate of drug-likeness (QED) is 0.513. The zero-order valence-corrected chi connectivity index (χ0v) is 8.58. The van der Waals surface area contributed by atoms with Gasteiger partial charge in [-0.15, -0.1) is 0 Å². The Morgan fingerprint density at radius 1 is 1.29 bits per heavy atom. The SMILES string of the molecule is C[Si].O=[Si]=O.[O]=[Sn]. The van der Waals surface area contributed by atoms with Crippen LogP contribution in [0.2, 0.25) is 6.55 Å². The van der Waals surface area contributed by atoms with E-state index in [0.29, 0.717) is 22.5 Å². The van der Waals surface area contributed by atoms with Gasteiger partial charge in [-0.05, 0) is 0 Å². The molecule has 0 aliphatic heterocycles. The second kappa shape index (κ2) is 79.0. The van der Waals surface area contributed by atoms with Gasteiger partial charge in [-0.25, -0.2) is 0 Å². The Hall–Kier alpha value is 0.632. The van der Waals surface area contributed by atoms with Crippen LogP contribution in [0.3, 0.4) is 0 Å². The van der Waals surface area contributed by atoms with Crippen molar-refractivity contribution in [3.05, 3.63) is 0 Å². The maximum atomic E-state index is 8.40. The van der Waals surface area contributed by atoms with Gasteiger partial charge in [0.25, 0.3) is 0 Å². The fraction of sp³-hybridized carbons (Fsp3) is 1.00. The van der Waals surface area contributed by atoms with Crippen molar-refractivity contribution in [1.82, 2.24) is 0 Å². The molecule has 0 fully saturated rings. The van der Waals surface area contributed by atoms with Crippen LogP contribution >= 0.6 is 0 Å². The van der Waals surface area contributed by atoms with Gasteiger partial charge in [-0.1, -0.05) is 6.55 Å². The topological polar surface area (TPSA) is 51.2 Å². The van der Waals surface area contributed by atoms with E-state index in [2.05, 4.69) is 10.2 Å². The first-order valence-electron chi connectivity index (χ1n) is 1.11. The second-order valence-electron chi connectivity index (χ2n) is 0.0833. The zero-order valence-electron chi connectivity index (χ0n) is 3.72. The van der Waals surface area contributed by atoms with Gasteiger partial charge in [0.2, 0.25) is 0 Å².